The minimum absolute atomic E-state index is 0.0865. The zero-order valence-corrected chi connectivity index (χ0v) is 14.8. The normalized spacial score (nSPS) is 30.6. The van der Waals surface area contributed by atoms with Gasteiger partial charge in [-0.05, 0) is 37.0 Å². The van der Waals surface area contributed by atoms with Crippen LogP contribution in [-0.4, -0.2) is 60.4 Å². The van der Waals surface area contributed by atoms with E-state index in [4.69, 9.17) is 0 Å². The van der Waals surface area contributed by atoms with Crippen molar-refractivity contribution >= 4 is 11.8 Å². The number of likely N-dealkylation sites (tertiary alicyclic amines) is 1. The van der Waals surface area contributed by atoms with Crippen LogP contribution in [0.15, 0.2) is 0 Å². The number of hydrogen-bond acceptors (Lipinski definition) is 3. The molecule has 1 saturated carbocycles. The minimum atomic E-state index is 0.0865. The topological polar surface area (TPSA) is 52.7 Å². The molecule has 3 aliphatic heterocycles. The average Bonchev–Trinajstić information content (AvgIpc) is 3.22. The smallest absolute Gasteiger partial charge is 0.237 e. The monoisotopic (exact) mass is 333 g/mol. The molecule has 1 unspecified atom stereocenters. The fraction of sp³-hybridized carbons (Fsp3) is 0.895. The van der Waals surface area contributed by atoms with Crippen LogP contribution in [0.3, 0.4) is 0 Å². The summed E-state index contributed by atoms with van der Waals surface area (Å²) in [6.45, 7) is 4.62. The van der Waals surface area contributed by atoms with Gasteiger partial charge in [0, 0.05) is 39.1 Å². The molecule has 5 nitrogen and oxygen atoms in total. The van der Waals surface area contributed by atoms with Gasteiger partial charge in [0.05, 0.1) is 6.04 Å². The Hall–Kier alpha value is -1.10. The second kappa shape index (κ2) is 6.66. The van der Waals surface area contributed by atoms with Gasteiger partial charge in [0.1, 0.15) is 0 Å². The van der Waals surface area contributed by atoms with Crippen LogP contribution in [0.5, 0.6) is 0 Å². The van der Waals surface area contributed by atoms with Gasteiger partial charge < -0.3 is 10.2 Å². The fourth-order valence-corrected chi connectivity index (χ4v) is 5.46. The molecule has 4 rings (SSSR count). The van der Waals surface area contributed by atoms with Gasteiger partial charge >= 0.3 is 0 Å². The molecule has 3 saturated heterocycles. The molecule has 1 spiro atoms. The molecule has 3 heterocycles. The quantitative estimate of drug-likeness (QED) is 0.856. The SMILES string of the molecule is O=C1NCCN2CC3(CCN(C(=O)CCC4CCCC4)CC3)CC12. The molecule has 0 bridgehead atoms. The molecule has 0 aromatic rings. The number of piperazine rings is 1. The van der Waals surface area contributed by atoms with E-state index in [1.807, 2.05) is 0 Å². The number of carbonyl (C=O) groups excluding carboxylic acids is 2. The van der Waals surface area contributed by atoms with Crippen molar-refractivity contribution in [2.75, 3.05) is 32.7 Å². The molecule has 2 amide bonds. The van der Waals surface area contributed by atoms with E-state index in [1.54, 1.807) is 0 Å². The number of amides is 2. The van der Waals surface area contributed by atoms with Crippen molar-refractivity contribution in [3.63, 3.8) is 0 Å². The number of rotatable bonds is 3. The third-order valence-corrected chi connectivity index (χ3v) is 7.02. The van der Waals surface area contributed by atoms with Gasteiger partial charge in [-0.2, -0.15) is 0 Å². The first kappa shape index (κ1) is 16.4. The number of carbonyl (C=O) groups is 2. The van der Waals surface area contributed by atoms with E-state index in [0.29, 0.717) is 5.91 Å². The van der Waals surface area contributed by atoms with E-state index >= 15 is 0 Å². The van der Waals surface area contributed by atoms with E-state index in [2.05, 4.69) is 15.1 Å². The van der Waals surface area contributed by atoms with Gasteiger partial charge in [0.25, 0.3) is 0 Å². The Labute approximate surface area is 145 Å². The van der Waals surface area contributed by atoms with Crippen molar-refractivity contribution in [3.8, 4) is 0 Å². The molecule has 0 aromatic heterocycles. The van der Waals surface area contributed by atoms with Crippen LogP contribution in [0.25, 0.3) is 0 Å². The molecule has 134 valence electrons. The molecular formula is C19H31N3O2. The number of nitrogens with zero attached hydrogens (tertiary/aromatic N) is 2. The van der Waals surface area contributed by atoms with Crippen LogP contribution >= 0.6 is 0 Å². The van der Waals surface area contributed by atoms with Crippen LogP contribution in [-0.2, 0) is 9.59 Å². The van der Waals surface area contributed by atoms with Crippen LogP contribution in [0.4, 0.5) is 0 Å². The summed E-state index contributed by atoms with van der Waals surface area (Å²) >= 11 is 0. The molecule has 1 atom stereocenters. The maximum atomic E-state index is 12.5. The zero-order valence-electron chi connectivity index (χ0n) is 14.8. The van der Waals surface area contributed by atoms with Crippen molar-refractivity contribution in [1.82, 2.24) is 15.1 Å². The predicted molar refractivity (Wildman–Crippen MR) is 92.4 cm³/mol. The number of fused-ring (bicyclic) bond motifs is 1. The molecule has 1 aliphatic carbocycles. The van der Waals surface area contributed by atoms with Gasteiger partial charge in [-0.15, -0.1) is 0 Å². The maximum Gasteiger partial charge on any atom is 0.237 e. The first-order chi connectivity index (χ1) is 11.7. The van der Waals surface area contributed by atoms with Gasteiger partial charge in [0.15, 0.2) is 0 Å². The summed E-state index contributed by atoms with van der Waals surface area (Å²) in [7, 11) is 0. The van der Waals surface area contributed by atoms with Crippen molar-refractivity contribution in [2.24, 2.45) is 11.3 Å². The van der Waals surface area contributed by atoms with Crippen molar-refractivity contribution < 1.29 is 9.59 Å². The highest BCUT2D eigenvalue weighted by Gasteiger charge is 2.49. The highest BCUT2D eigenvalue weighted by atomic mass is 16.2. The first-order valence-electron chi connectivity index (χ1n) is 9.95. The summed E-state index contributed by atoms with van der Waals surface area (Å²) in [4.78, 5) is 29.0. The van der Waals surface area contributed by atoms with Gasteiger partial charge in [0.2, 0.25) is 11.8 Å². The van der Waals surface area contributed by atoms with Crippen molar-refractivity contribution in [1.29, 1.82) is 0 Å². The van der Waals surface area contributed by atoms with E-state index in [9.17, 15) is 9.59 Å². The Balaban J connectivity index is 1.27. The molecule has 0 radical (unpaired) electrons. The Bertz CT molecular complexity index is 493. The van der Waals surface area contributed by atoms with Gasteiger partial charge in [-0.3, -0.25) is 14.5 Å². The van der Waals surface area contributed by atoms with Gasteiger partial charge in [-0.25, -0.2) is 0 Å². The lowest BCUT2D eigenvalue weighted by molar-refractivity contribution is -0.134. The zero-order chi connectivity index (χ0) is 16.6. The van der Waals surface area contributed by atoms with Crippen molar-refractivity contribution in [3.05, 3.63) is 0 Å². The molecule has 1 N–H and O–H groups in total. The number of nitrogens with one attached hydrogen (secondary N) is 1. The summed E-state index contributed by atoms with van der Waals surface area (Å²) in [5.74, 6) is 1.38. The van der Waals surface area contributed by atoms with E-state index in [0.717, 1.165) is 70.7 Å². The number of piperidine rings is 1. The standard InChI is InChI=1S/C19H31N3O2/c23-17(6-5-15-3-1-2-4-15)21-10-7-19(8-11-21)13-16-18(24)20-9-12-22(16)14-19/h15-16H,1-14H2,(H,20,24). The Morgan fingerprint density at radius 3 is 2.62 bits per heavy atom. The number of hydrogen-bond donors (Lipinski definition) is 1. The first-order valence-corrected chi connectivity index (χ1v) is 9.95. The fourth-order valence-electron chi connectivity index (χ4n) is 5.46. The molecule has 4 aliphatic rings. The third kappa shape index (κ3) is 3.19. The average molecular weight is 333 g/mol. The summed E-state index contributed by atoms with van der Waals surface area (Å²) < 4.78 is 0. The highest BCUT2D eigenvalue weighted by molar-refractivity contribution is 5.83. The summed E-state index contributed by atoms with van der Waals surface area (Å²) in [6.07, 6.45) is 10.3. The van der Waals surface area contributed by atoms with Crippen LogP contribution < -0.4 is 5.32 Å². The molecule has 0 aromatic carbocycles. The maximum absolute atomic E-state index is 12.5. The lowest BCUT2D eigenvalue weighted by Crippen LogP contribution is -2.52. The summed E-state index contributed by atoms with van der Waals surface area (Å²) in [6, 6.07) is 0.0865. The second-order valence-corrected chi connectivity index (χ2v) is 8.55. The largest absolute Gasteiger partial charge is 0.353 e. The van der Waals surface area contributed by atoms with Crippen LogP contribution in [0.1, 0.15) is 57.8 Å². The van der Waals surface area contributed by atoms with E-state index in [-0.39, 0.29) is 17.4 Å². The molecule has 4 fully saturated rings. The minimum Gasteiger partial charge on any atom is -0.353 e. The van der Waals surface area contributed by atoms with E-state index < -0.39 is 0 Å². The van der Waals surface area contributed by atoms with Crippen molar-refractivity contribution in [2.45, 2.75) is 63.8 Å². The second-order valence-electron chi connectivity index (χ2n) is 8.55. The van der Waals surface area contributed by atoms with E-state index in [1.165, 1.54) is 25.7 Å². The third-order valence-electron chi connectivity index (χ3n) is 7.02. The Kier molecular flexibility index (Phi) is 4.54. The van der Waals surface area contributed by atoms with Crippen LogP contribution in [0, 0.1) is 11.3 Å². The highest BCUT2D eigenvalue weighted by Crippen LogP contribution is 2.44. The summed E-state index contributed by atoms with van der Waals surface area (Å²) in [5.41, 5.74) is 0.272. The summed E-state index contributed by atoms with van der Waals surface area (Å²) in [5, 5.41) is 3.00. The molecule has 24 heavy (non-hydrogen) atoms. The predicted octanol–water partition coefficient (Wildman–Crippen LogP) is 1.77. The lowest BCUT2D eigenvalue weighted by Gasteiger charge is -2.39. The lowest BCUT2D eigenvalue weighted by atomic mass is 9.76. The molecule has 5 heteroatoms. The Morgan fingerprint density at radius 2 is 1.92 bits per heavy atom. The van der Waals surface area contributed by atoms with Crippen LogP contribution in [0.2, 0.25) is 0 Å². The molecular weight excluding hydrogens is 302 g/mol. The van der Waals surface area contributed by atoms with Gasteiger partial charge in [-0.1, -0.05) is 25.7 Å². The Morgan fingerprint density at radius 1 is 1.17 bits per heavy atom.